The Labute approximate surface area is 213 Å². The first-order valence-corrected chi connectivity index (χ1v) is 13.6. The van der Waals surface area contributed by atoms with Gasteiger partial charge < -0.3 is 15.0 Å². The molecule has 0 spiro atoms. The molecular formula is C30H39F2N3O. The van der Waals surface area contributed by atoms with Crippen LogP contribution in [0.5, 0.6) is 5.75 Å². The lowest BCUT2D eigenvalue weighted by Crippen LogP contribution is -2.51. The molecule has 1 fully saturated rings. The number of rotatable bonds is 11. The van der Waals surface area contributed by atoms with Crippen LogP contribution in [0.1, 0.15) is 68.0 Å². The van der Waals surface area contributed by atoms with Gasteiger partial charge in [-0.15, -0.1) is 0 Å². The fraction of sp³-hybridized carbons (Fsp3) is 0.533. The molecule has 0 amide bonds. The number of nitrogens with one attached hydrogen (secondary N) is 2. The lowest BCUT2D eigenvalue weighted by molar-refractivity contribution is -0.00722. The SMILES string of the molecule is CCc1ccc(OCCNCCCF)cc1C1c2[nH]c3ccccc3c2C[C@@H](C)N1CC1(F)CCC1. The summed E-state index contributed by atoms with van der Waals surface area (Å²) in [6, 6.07) is 15.0. The van der Waals surface area contributed by atoms with Crippen LogP contribution in [0, 0.1) is 0 Å². The van der Waals surface area contributed by atoms with Crippen LogP contribution in [0.4, 0.5) is 8.78 Å². The molecule has 0 bridgehead atoms. The summed E-state index contributed by atoms with van der Waals surface area (Å²) in [6.07, 6.45) is 4.62. The highest BCUT2D eigenvalue weighted by Gasteiger charge is 2.44. The second kappa shape index (κ2) is 10.9. The first-order chi connectivity index (χ1) is 17.5. The lowest BCUT2D eigenvalue weighted by Gasteiger charge is -2.47. The highest BCUT2D eigenvalue weighted by atomic mass is 19.1. The zero-order valence-electron chi connectivity index (χ0n) is 21.6. The lowest BCUT2D eigenvalue weighted by atomic mass is 9.79. The Bertz CT molecular complexity index is 1170. The minimum Gasteiger partial charge on any atom is -0.492 e. The van der Waals surface area contributed by atoms with Crippen molar-refractivity contribution >= 4 is 10.9 Å². The summed E-state index contributed by atoms with van der Waals surface area (Å²) in [6.45, 7) is 6.43. The molecule has 1 aromatic heterocycles. The zero-order chi connectivity index (χ0) is 25.1. The van der Waals surface area contributed by atoms with Gasteiger partial charge in [0.25, 0.3) is 0 Å². The third-order valence-electron chi connectivity index (χ3n) is 8.06. The zero-order valence-corrected chi connectivity index (χ0v) is 21.6. The van der Waals surface area contributed by atoms with Gasteiger partial charge in [0.05, 0.1) is 12.7 Å². The number of aromatic amines is 1. The molecule has 4 nitrogen and oxygen atoms in total. The van der Waals surface area contributed by atoms with Gasteiger partial charge in [0, 0.05) is 35.7 Å². The van der Waals surface area contributed by atoms with Crippen molar-refractivity contribution in [3.8, 4) is 5.75 Å². The van der Waals surface area contributed by atoms with Gasteiger partial charge in [-0.3, -0.25) is 9.29 Å². The summed E-state index contributed by atoms with van der Waals surface area (Å²) in [5.41, 5.74) is 5.05. The molecule has 0 saturated heterocycles. The maximum Gasteiger partial charge on any atom is 0.123 e. The van der Waals surface area contributed by atoms with Crippen LogP contribution in [-0.2, 0) is 12.8 Å². The Kier molecular flexibility index (Phi) is 7.63. The molecule has 1 aliphatic heterocycles. The van der Waals surface area contributed by atoms with Gasteiger partial charge in [0.1, 0.15) is 18.0 Å². The monoisotopic (exact) mass is 495 g/mol. The first-order valence-electron chi connectivity index (χ1n) is 13.6. The Morgan fingerprint density at radius 2 is 2.00 bits per heavy atom. The van der Waals surface area contributed by atoms with E-state index in [1.165, 1.54) is 27.8 Å². The van der Waals surface area contributed by atoms with Crippen LogP contribution in [-0.4, -0.2) is 54.5 Å². The minimum atomic E-state index is -1.10. The number of halogens is 2. The third kappa shape index (κ3) is 5.03. The van der Waals surface area contributed by atoms with E-state index in [0.29, 0.717) is 45.5 Å². The normalized spacial score (nSPS) is 21.3. The molecule has 1 saturated carbocycles. The van der Waals surface area contributed by atoms with Gasteiger partial charge in [-0.25, -0.2) is 4.39 Å². The average molecular weight is 496 g/mol. The molecule has 2 atom stereocenters. The third-order valence-corrected chi connectivity index (χ3v) is 8.06. The van der Waals surface area contributed by atoms with Crippen LogP contribution >= 0.6 is 0 Å². The number of nitrogens with zero attached hydrogens (tertiary/aromatic N) is 1. The molecule has 1 aliphatic carbocycles. The topological polar surface area (TPSA) is 40.3 Å². The number of alkyl halides is 2. The maximum absolute atomic E-state index is 15.6. The minimum absolute atomic E-state index is 0.0504. The highest BCUT2D eigenvalue weighted by molar-refractivity contribution is 5.85. The van der Waals surface area contributed by atoms with Crippen LogP contribution in [0.25, 0.3) is 10.9 Å². The molecule has 2 aliphatic rings. The van der Waals surface area contributed by atoms with Crippen LogP contribution in [0.3, 0.4) is 0 Å². The van der Waals surface area contributed by atoms with Crippen LogP contribution in [0.2, 0.25) is 0 Å². The fourth-order valence-corrected chi connectivity index (χ4v) is 5.93. The number of benzene rings is 2. The van der Waals surface area contributed by atoms with Crippen molar-refractivity contribution in [1.82, 2.24) is 15.2 Å². The summed E-state index contributed by atoms with van der Waals surface area (Å²) >= 11 is 0. The second-order valence-corrected chi connectivity index (χ2v) is 10.6. The number of aryl methyl sites for hydroxylation is 1. The number of H-pyrrole nitrogens is 1. The summed E-state index contributed by atoms with van der Waals surface area (Å²) < 4.78 is 34.0. The predicted octanol–water partition coefficient (Wildman–Crippen LogP) is 6.29. The number of para-hydroxylation sites is 1. The van der Waals surface area contributed by atoms with Crippen molar-refractivity contribution < 1.29 is 13.5 Å². The van der Waals surface area contributed by atoms with Gasteiger partial charge in [0.15, 0.2) is 0 Å². The smallest absolute Gasteiger partial charge is 0.123 e. The Morgan fingerprint density at radius 1 is 1.17 bits per heavy atom. The van der Waals surface area contributed by atoms with Crippen molar-refractivity contribution in [1.29, 1.82) is 0 Å². The molecule has 3 aromatic rings. The van der Waals surface area contributed by atoms with Crippen molar-refractivity contribution in [3.05, 3.63) is 64.8 Å². The summed E-state index contributed by atoms with van der Waals surface area (Å²) in [5.74, 6) is 0.823. The van der Waals surface area contributed by atoms with Crippen molar-refractivity contribution in [2.24, 2.45) is 0 Å². The molecular weight excluding hydrogens is 456 g/mol. The Balaban J connectivity index is 1.51. The highest BCUT2D eigenvalue weighted by Crippen LogP contribution is 2.46. The van der Waals surface area contributed by atoms with Crippen molar-refractivity contribution in [2.75, 3.05) is 32.9 Å². The van der Waals surface area contributed by atoms with Gasteiger partial charge >= 0.3 is 0 Å². The van der Waals surface area contributed by atoms with Crippen LogP contribution in [0.15, 0.2) is 42.5 Å². The van der Waals surface area contributed by atoms with E-state index in [9.17, 15) is 4.39 Å². The fourth-order valence-electron chi connectivity index (χ4n) is 5.93. The first kappa shape index (κ1) is 25.2. The number of fused-ring (bicyclic) bond motifs is 3. The van der Waals surface area contributed by atoms with Gasteiger partial charge in [0.2, 0.25) is 0 Å². The molecule has 194 valence electrons. The predicted molar refractivity (Wildman–Crippen MR) is 142 cm³/mol. The van der Waals surface area contributed by atoms with Gasteiger partial charge in [-0.05, 0) is 86.9 Å². The van der Waals surface area contributed by atoms with Crippen LogP contribution < -0.4 is 10.1 Å². The van der Waals surface area contributed by atoms with E-state index in [0.717, 1.165) is 30.5 Å². The maximum atomic E-state index is 15.6. The van der Waals surface area contributed by atoms with Crippen molar-refractivity contribution in [2.45, 2.75) is 70.1 Å². The molecule has 0 radical (unpaired) electrons. The summed E-state index contributed by atoms with van der Waals surface area (Å²) in [4.78, 5) is 6.13. The number of hydrogen-bond donors (Lipinski definition) is 2. The standard InChI is InChI=1S/C30H39F2N3O/c1-3-22-10-11-23(36-17-16-33-15-7-14-31)19-25(22)29-28-26(24-8-4-5-9-27(24)34-28)18-21(2)35(29)20-30(32)12-6-13-30/h4-5,8-11,19,21,29,33-34H,3,6-7,12-18,20H2,1-2H3/t21-,29?/m1/s1. The number of ether oxygens (including phenoxy) is 1. The molecule has 36 heavy (non-hydrogen) atoms. The Hall–Kier alpha value is -2.44. The van der Waals surface area contributed by atoms with Gasteiger partial charge in [-0.1, -0.05) is 31.2 Å². The van der Waals surface area contributed by atoms with Crippen molar-refractivity contribution in [3.63, 3.8) is 0 Å². The van der Waals surface area contributed by atoms with E-state index in [-0.39, 0.29) is 18.8 Å². The quantitative estimate of drug-likeness (QED) is 0.307. The average Bonchev–Trinajstić information content (AvgIpc) is 3.23. The van der Waals surface area contributed by atoms with E-state index in [1.807, 2.05) is 6.07 Å². The molecule has 2 aromatic carbocycles. The molecule has 6 heteroatoms. The number of hydrogen-bond acceptors (Lipinski definition) is 3. The molecule has 2 heterocycles. The summed E-state index contributed by atoms with van der Waals surface area (Å²) in [5, 5.41) is 4.49. The van der Waals surface area contributed by atoms with E-state index in [4.69, 9.17) is 4.74 Å². The van der Waals surface area contributed by atoms with E-state index in [1.54, 1.807) is 0 Å². The second-order valence-electron chi connectivity index (χ2n) is 10.6. The van der Waals surface area contributed by atoms with E-state index < -0.39 is 5.67 Å². The molecule has 2 N–H and O–H groups in total. The molecule has 5 rings (SSSR count). The van der Waals surface area contributed by atoms with Gasteiger partial charge in [-0.2, -0.15) is 0 Å². The van der Waals surface area contributed by atoms with E-state index >= 15 is 4.39 Å². The largest absolute Gasteiger partial charge is 0.492 e. The molecule has 1 unspecified atom stereocenters. The summed E-state index contributed by atoms with van der Waals surface area (Å²) in [7, 11) is 0. The van der Waals surface area contributed by atoms with E-state index in [2.05, 4.69) is 65.4 Å². The Morgan fingerprint density at radius 3 is 2.75 bits per heavy atom. The number of aromatic nitrogens is 1.